The van der Waals surface area contributed by atoms with Gasteiger partial charge in [0, 0.05) is 18.9 Å². The van der Waals surface area contributed by atoms with E-state index in [0.29, 0.717) is 0 Å². The van der Waals surface area contributed by atoms with E-state index < -0.39 is 20.0 Å². The molecular formula is C5H12N3O4P. The van der Waals surface area contributed by atoms with Crippen LogP contribution in [0.1, 0.15) is 0 Å². The van der Waals surface area contributed by atoms with Crippen LogP contribution in [-0.4, -0.2) is 37.3 Å². The molecule has 6 N–H and O–H groups in total. The number of aliphatic hydroxyl groups excluding tert-OH is 1. The van der Waals surface area contributed by atoms with Crippen molar-refractivity contribution in [2.24, 2.45) is 5.73 Å². The van der Waals surface area contributed by atoms with Gasteiger partial charge >= 0.3 is 7.60 Å². The van der Waals surface area contributed by atoms with Crippen LogP contribution in [0.5, 0.6) is 0 Å². The Morgan fingerprint density at radius 2 is 2.23 bits per heavy atom. The fraction of sp³-hybridized carbons (Fsp3) is 0.400. The molecule has 1 unspecified atom stereocenters. The summed E-state index contributed by atoms with van der Waals surface area (Å²) in [7, 11) is -4.33. The van der Waals surface area contributed by atoms with Crippen molar-refractivity contribution >= 4 is 7.60 Å². The Kier molecular flexibility index (Phi) is 5.52. The minimum absolute atomic E-state index is 0.412. The quantitative estimate of drug-likeness (QED) is 0.391. The van der Waals surface area contributed by atoms with Crippen molar-refractivity contribution in [3.8, 4) is 0 Å². The first-order chi connectivity index (χ1) is 5.98. The lowest BCUT2D eigenvalue weighted by molar-refractivity contribution is 0.208. The van der Waals surface area contributed by atoms with Crippen LogP contribution >= 0.6 is 7.60 Å². The second kappa shape index (κ2) is 5.85. The summed E-state index contributed by atoms with van der Waals surface area (Å²) in [5, 5.41) is 8.31. The molecule has 0 saturated heterocycles. The van der Waals surface area contributed by atoms with Crippen molar-refractivity contribution < 1.29 is 19.5 Å². The SMILES string of the molecule is NCC(O)P(=O)(O)O.c1c[nH]cn1. The minimum atomic E-state index is -4.33. The topological polar surface area (TPSA) is 132 Å². The summed E-state index contributed by atoms with van der Waals surface area (Å²) in [6.07, 6.45) is 5.08. The van der Waals surface area contributed by atoms with E-state index in [2.05, 4.69) is 9.97 Å². The van der Waals surface area contributed by atoms with E-state index in [-0.39, 0.29) is 0 Å². The third-order valence-electron chi connectivity index (χ3n) is 1.00. The van der Waals surface area contributed by atoms with Crippen LogP contribution in [0.25, 0.3) is 0 Å². The Hall–Kier alpha value is -0.720. The molecule has 1 atom stereocenters. The van der Waals surface area contributed by atoms with Crippen molar-refractivity contribution in [2.45, 2.75) is 5.85 Å². The summed E-state index contributed by atoms with van der Waals surface area (Å²) < 4.78 is 9.93. The second-order valence-corrected chi connectivity index (χ2v) is 3.84. The lowest BCUT2D eigenvalue weighted by Gasteiger charge is -2.07. The highest BCUT2D eigenvalue weighted by atomic mass is 31.2. The number of hydrogen-bond acceptors (Lipinski definition) is 4. The molecule has 0 aromatic carbocycles. The molecule has 8 heteroatoms. The van der Waals surface area contributed by atoms with E-state index >= 15 is 0 Å². The third-order valence-corrected chi connectivity index (χ3v) is 1.99. The number of aliphatic hydroxyl groups is 1. The number of aromatic nitrogens is 2. The molecule has 0 bridgehead atoms. The van der Waals surface area contributed by atoms with Crippen molar-refractivity contribution in [3.63, 3.8) is 0 Å². The highest BCUT2D eigenvalue weighted by Crippen LogP contribution is 2.38. The average molecular weight is 209 g/mol. The van der Waals surface area contributed by atoms with Crippen LogP contribution in [-0.2, 0) is 4.57 Å². The molecule has 1 aromatic rings. The zero-order valence-corrected chi connectivity index (χ0v) is 7.63. The number of imidazole rings is 1. The van der Waals surface area contributed by atoms with E-state index in [0.717, 1.165) is 0 Å². The van der Waals surface area contributed by atoms with Crippen molar-refractivity contribution in [3.05, 3.63) is 18.7 Å². The van der Waals surface area contributed by atoms with E-state index in [1.165, 1.54) is 0 Å². The maximum atomic E-state index is 9.93. The number of nitrogens with one attached hydrogen (secondary N) is 1. The lowest BCUT2D eigenvalue weighted by Crippen LogP contribution is -2.19. The highest BCUT2D eigenvalue weighted by molar-refractivity contribution is 7.52. The molecule has 13 heavy (non-hydrogen) atoms. The van der Waals surface area contributed by atoms with Gasteiger partial charge in [-0.15, -0.1) is 0 Å². The molecule has 1 heterocycles. The molecule has 76 valence electrons. The highest BCUT2D eigenvalue weighted by Gasteiger charge is 2.23. The van der Waals surface area contributed by atoms with Crippen LogP contribution in [0, 0.1) is 0 Å². The number of H-pyrrole nitrogens is 1. The monoisotopic (exact) mass is 209 g/mol. The number of aromatic amines is 1. The third kappa shape index (κ3) is 6.44. The number of hydrogen-bond donors (Lipinski definition) is 5. The summed E-state index contributed by atoms with van der Waals surface area (Å²) in [6.45, 7) is -0.412. The molecule has 0 radical (unpaired) electrons. The summed E-state index contributed by atoms with van der Waals surface area (Å²) in [6, 6.07) is 0. The van der Waals surface area contributed by atoms with E-state index in [4.69, 9.17) is 20.6 Å². The Bertz CT molecular complexity index is 229. The van der Waals surface area contributed by atoms with Gasteiger partial charge in [-0.25, -0.2) is 4.98 Å². The normalized spacial score (nSPS) is 12.9. The van der Waals surface area contributed by atoms with E-state index in [9.17, 15) is 4.57 Å². The van der Waals surface area contributed by atoms with Crippen LogP contribution in [0.3, 0.4) is 0 Å². The number of nitrogens with two attached hydrogens (primary N) is 1. The molecule has 0 aliphatic rings. The van der Waals surface area contributed by atoms with Crippen molar-refractivity contribution in [1.29, 1.82) is 0 Å². The Morgan fingerprint density at radius 3 is 2.31 bits per heavy atom. The van der Waals surface area contributed by atoms with Gasteiger partial charge in [0.2, 0.25) is 0 Å². The van der Waals surface area contributed by atoms with Crippen molar-refractivity contribution in [2.75, 3.05) is 6.54 Å². The van der Waals surface area contributed by atoms with Crippen molar-refractivity contribution in [1.82, 2.24) is 9.97 Å². The second-order valence-electron chi connectivity index (χ2n) is 2.07. The number of nitrogens with zero attached hydrogens (tertiary/aromatic N) is 1. The Morgan fingerprint density at radius 1 is 1.62 bits per heavy atom. The minimum Gasteiger partial charge on any atom is -0.379 e. The summed E-state index contributed by atoms with van der Waals surface area (Å²) in [5.41, 5.74) is 4.72. The van der Waals surface area contributed by atoms with Gasteiger partial charge in [0.15, 0.2) is 5.85 Å². The molecule has 0 saturated carbocycles. The van der Waals surface area contributed by atoms with E-state index in [1.807, 2.05) is 0 Å². The van der Waals surface area contributed by atoms with Crippen LogP contribution < -0.4 is 5.73 Å². The number of rotatable bonds is 2. The van der Waals surface area contributed by atoms with Gasteiger partial charge in [-0.05, 0) is 0 Å². The molecule has 0 spiro atoms. The summed E-state index contributed by atoms with van der Waals surface area (Å²) in [5.74, 6) is -1.71. The van der Waals surface area contributed by atoms with Gasteiger partial charge in [-0.3, -0.25) is 4.57 Å². The zero-order valence-electron chi connectivity index (χ0n) is 6.74. The fourth-order valence-electron chi connectivity index (χ4n) is 0.352. The van der Waals surface area contributed by atoms with E-state index in [1.54, 1.807) is 18.7 Å². The van der Waals surface area contributed by atoms with Crippen LogP contribution in [0.4, 0.5) is 0 Å². The predicted molar refractivity (Wildman–Crippen MR) is 45.7 cm³/mol. The maximum Gasteiger partial charge on any atom is 0.355 e. The van der Waals surface area contributed by atoms with Crippen LogP contribution in [0.2, 0.25) is 0 Å². The predicted octanol–water partition coefficient (Wildman–Crippen LogP) is -1.15. The fourth-order valence-corrected chi connectivity index (χ4v) is 0.627. The molecule has 0 amide bonds. The summed E-state index contributed by atoms with van der Waals surface area (Å²) in [4.78, 5) is 22.6. The van der Waals surface area contributed by atoms with Gasteiger partial charge in [0.1, 0.15) is 0 Å². The first-order valence-corrected chi connectivity index (χ1v) is 5.02. The molecule has 1 rings (SSSR count). The zero-order chi connectivity index (χ0) is 10.3. The smallest absolute Gasteiger partial charge is 0.355 e. The summed E-state index contributed by atoms with van der Waals surface area (Å²) >= 11 is 0. The van der Waals surface area contributed by atoms with Crippen LogP contribution in [0.15, 0.2) is 18.7 Å². The first-order valence-electron chi connectivity index (χ1n) is 3.34. The average Bonchev–Trinajstić information content (AvgIpc) is 2.58. The Labute approximate surface area is 74.8 Å². The van der Waals surface area contributed by atoms with Gasteiger partial charge in [-0.1, -0.05) is 0 Å². The van der Waals surface area contributed by atoms with Gasteiger partial charge in [0.05, 0.1) is 6.33 Å². The molecular weight excluding hydrogens is 197 g/mol. The van der Waals surface area contributed by atoms with Gasteiger partial charge in [0.25, 0.3) is 0 Å². The van der Waals surface area contributed by atoms with Gasteiger partial charge < -0.3 is 25.6 Å². The van der Waals surface area contributed by atoms with Gasteiger partial charge in [-0.2, -0.15) is 0 Å². The molecule has 0 aliphatic heterocycles. The Balaban J connectivity index is 0.000000243. The lowest BCUT2D eigenvalue weighted by atomic mass is 10.7. The molecule has 0 fully saturated rings. The first kappa shape index (κ1) is 12.3. The molecule has 0 aliphatic carbocycles. The largest absolute Gasteiger partial charge is 0.379 e. The molecule has 1 aromatic heterocycles. The molecule has 7 nitrogen and oxygen atoms in total. The standard InChI is InChI=1S/C3H4N2.C2H8NO4P/c1-2-5-3-4-1;3-1-2(4)8(5,6)7/h1-3H,(H,4,5);2,4H,1,3H2,(H2,5,6,7). The maximum absolute atomic E-state index is 9.93.